The highest BCUT2D eigenvalue weighted by Gasteiger charge is 2.34. The second-order valence-electron chi connectivity index (χ2n) is 3.64. The van der Waals surface area contributed by atoms with Crippen molar-refractivity contribution < 1.29 is 14.3 Å². The third kappa shape index (κ3) is 4.07. The van der Waals surface area contributed by atoms with Gasteiger partial charge in [0.2, 0.25) is 0 Å². The number of rotatable bonds is 7. The summed E-state index contributed by atoms with van der Waals surface area (Å²) >= 11 is 0. The Balaban J connectivity index is 1.97. The van der Waals surface area contributed by atoms with Gasteiger partial charge >= 0.3 is 5.97 Å². The van der Waals surface area contributed by atoms with Crippen LogP contribution < -0.4 is 5.73 Å². The molecular formula is C10H19NO3. The minimum absolute atomic E-state index is 0.285. The lowest BCUT2D eigenvalue weighted by Gasteiger charge is -2.10. The minimum atomic E-state index is -0.416. The summed E-state index contributed by atoms with van der Waals surface area (Å²) in [7, 11) is 0. The van der Waals surface area contributed by atoms with E-state index in [4.69, 9.17) is 15.2 Å². The highest BCUT2D eigenvalue weighted by atomic mass is 16.6. The van der Waals surface area contributed by atoms with Crippen LogP contribution in [0.15, 0.2) is 0 Å². The molecule has 0 spiro atoms. The van der Waals surface area contributed by atoms with Gasteiger partial charge in [0.1, 0.15) is 12.6 Å². The molecule has 0 heterocycles. The van der Waals surface area contributed by atoms with Gasteiger partial charge in [-0.1, -0.05) is 6.92 Å². The average molecular weight is 201 g/mol. The van der Waals surface area contributed by atoms with Gasteiger partial charge in [0.15, 0.2) is 0 Å². The van der Waals surface area contributed by atoms with Gasteiger partial charge in [-0.05, 0) is 25.2 Å². The van der Waals surface area contributed by atoms with Gasteiger partial charge in [0, 0.05) is 6.61 Å². The Morgan fingerprint density at radius 2 is 2.14 bits per heavy atom. The van der Waals surface area contributed by atoms with Crippen LogP contribution in [0.2, 0.25) is 0 Å². The molecule has 1 rings (SSSR count). The van der Waals surface area contributed by atoms with E-state index < -0.39 is 6.04 Å². The van der Waals surface area contributed by atoms with Crippen molar-refractivity contribution in [1.82, 2.24) is 0 Å². The van der Waals surface area contributed by atoms with Crippen molar-refractivity contribution in [3.63, 3.8) is 0 Å². The van der Waals surface area contributed by atoms with Gasteiger partial charge in [-0.25, -0.2) is 0 Å². The first kappa shape index (κ1) is 11.5. The smallest absolute Gasteiger partial charge is 0.323 e. The summed E-state index contributed by atoms with van der Waals surface area (Å²) in [6.07, 6.45) is 3.10. The largest absolute Gasteiger partial charge is 0.462 e. The molecular weight excluding hydrogens is 182 g/mol. The number of ether oxygens (including phenoxy) is 2. The second-order valence-corrected chi connectivity index (χ2v) is 3.64. The molecule has 0 saturated heterocycles. The molecule has 0 aliphatic heterocycles. The van der Waals surface area contributed by atoms with Gasteiger partial charge in [-0.15, -0.1) is 0 Å². The third-order valence-electron chi connectivity index (χ3n) is 2.22. The molecule has 0 radical (unpaired) electrons. The first-order valence-corrected chi connectivity index (χ1v) is 5.25. The lowest BCUT2D eigenvalue weighted by Crippen LogP contribution is -2.34. The standard InChI is InChI=1S/C10H19NO3/c1-2-5-13-6-7-14-10(12)9(11)8-3-4-8/h8-9H,2-7,11H2,1H3. The van der Waals surface area contributed by atoms with Gasteiger partial charge in [0.05, 0.1) is 6.61 Å². The predicted molar refractivity (Wildman–Crippen MR) is 52.8 cm³/mol. The maximum absolute atomic E-state index is 11.3. The summed E-state index contributed by atoms with van der Waals surface area (Å²) < 4.78 is 10.1. The molecule has 4 nitrogen and oxygen atoms in total. The highest BCUT2D eigenvalue weighted by molar-refractivity contribution is 5.76. The van der Waals surface area contributed by atoms with E-state index in [9.17, 15) is 4.79 Å². The molecule has 1 fully saturated rings. The van der Waals surface area contributed by atoms with Crippen LogP contribution >= 0.6 is 0 Å². The van der Waals surface area contributed by atoms with Crippen LogP contribution in [0.25, 0.3) is 0 Å². The first-order valence-electron chi connectivity index (χ1n) is 5.25. The Hall–Kier alpha value is -0.610. The number of carbonyl (C=O) groups excluding carboxylic acids is 1. The summed E-state index contributed by atoms with van der Waals surface area (Å²) in [6, 6.07) is -0.416. The SMILES string of the molecule is CCCOCCOC(=O)C(N)C1CC1. The lowest BCUT2D eigenvalue weighted by atomic mass is 10.2. The molecule has 0 aromatic rings. The number of nitrogens with two attached hydrogens (primary N) is 1. The third-order valence-corrected chi connectivity index (χ3v) is 2.22. The molecule has 2 N–H and O–H groups in total. The fraction of sp³-hybridized carbons (Fsp3) is 0.900. The molecule has 4 heteroatoms. The number of carbonyl (C=O) groups is 1. The van der Waals surface area contributed by atoms with Crippen LogP contribution in [-0.4, -0.2) is 31.8 Å². The van der Waals surface area contributed by atoms with Crippen molar-refractivity contribution in [3.05, 3.63) is 0 Å². The summed E-state index contributed by atoms with van der Waals surface area (Å²) in [5.41, 5.74) is 5.65. The Bertz CT molecular complexity index is 180. The number of hydrogen-bond acceptors (Lipinski definition) is 4. The van der Waals surface area contributed by atoms with E-state index in [1.165, 1.54) is 0 Å². The molecule has 0 aromatic carbocycles. The van der Waals surface area contributed by atoms with Crippen LogP contribution in [0.3, 0.4) is 0 Å². The normalized spacial score (nSPS) is 17.9. The van der Waals surface area contributed by atoms with Gasteiger partial charge in [0.25, 0.3) is 0 Å². The van der Waals surface area contributed by atoms with Crippen molar-refractivity contribution >= 4 is 5.97 Å². The summed E-state index contributed by atoms with van der Waals surface area (Å²) in [4.78, 5) is 11.3. The molecule has 0 aromatic heterocycles. The second kappa shape index (κ2) is 5.98. The molecule has 82 valence electrons. The molecule has 1 aliphatic rings. The fourth-order valence-electron chi connectivity index (χ4n) is 1.19. The minimum Gasteiger partial charge on any atom is -0.462 e. The Kier molecular flexibility index (Phi) is 4.90. The van der Waals surface area contributed by atoms with Crippen LogP contribution in [0.4, 0.5) is 0 Å². The number of hydrogen-bond donors (Lipinski definition) is 1. The number of esters is 1. The summed E-state index contributed by atoms with van der Waals surface area (Å²) in [5, 5.41) is 0. The molecule has 14 heavy (non-hydrogen) atoms. The zero-order valence-corrected chi connectivity index (χ0v) is 8.70. The van der Waals surface area contributed by atoms with E-state index in [1.54, 1.807) is 0 Å². The Labute approximate surface area is 84.7 Å². The van der Waals surface area contributed by atoms with Gasteiger partial charge in [-0.2, -0.15) is 0 Å². The molecule has 1 unspecified atom stereocenters. The van der Waals surface area contributed by atoms with E-state index >= 15 is 0 Å². The monoisotopic (exact) mass is 201 g/mol. The van der Waals surface area contributed by atoms with Crippen molar-refractivity contribution in [2.75, 3.05) is 19.8 Å². The molecule has 1 atom stereocenters. The lowest BCUT2D eigenvalue weighted by molar-refractivity contribution is -0.147. The van der Waals surface area contributed by atoms with Crippen LogP contribution in [-0.2, 0) is 14.3 Å². The van der Waals surface area contributed by atoms with E-state index in [0.29, 0.717) is 25.7 Å². The van der Waals surface area contributed by atoms with Crippen LogP contribution in [0, 0.1) is 5.92 Å². The van der Waals surface area contributed by atoms with Crippen LogP contribution in [0.1, 0.15) is 26.2 Å². The highest BCUT2D eigenvalue weighted by Crippen LogP contribution is 2.31. The fourth-order valence-corrected chi connectivity index (χ4v) is 1.19. The van der Waals surface area contributed by atoms with Gasteiger partial charge in [-0.3, -0.25) is 4.79 Å². The Morgan fingerprint density at radius 1 is 1.43 bits per heavy atom. The molecule has 0 bridgehead atoms. The first-order chi connectivity index (χ1) is 6.75. The van der Waals surface area contributed by atoms with Crippen molar-refractivity contribution in [3.8, 4) is 0 Å². The predicted octanol–water partition coefficient (Wildman–Crippen LogP) is 0.694. The zero-order chi connectivity index (χ0) is 10.4. The van der Waals surface area contributed by atoms with E-state index in [0.717, 1.165) is 19.3 Å². The molecule has 1 aliphatic carbocycles. The van der Waals surface area contributed by atoms with E-state index in [-0.39, 0.29) is 5.97 Å². The van der Waals surface area contributed by atoms with Crippen molar-refractivity contribution in [2.45, 2.75) is 32.2 Å². The Morgan fingerprint density at radius 3 is 2.71 bits per heavy atom. The van der Waals surface area contributed by atoms with E-state index in [1.807, 2.05) is 6.92 Å². The van der Waals surface area contributed by atoms with Crippen molar-refractivity contribution in [1.29, 1.82) is 0 Å². The maximum Gasteiger partial charge on any atom is 0.323 e. The van der Waals surface area contributed by atoms with Crippen LogP contribution in [0.5, 0.6) is 0 Å². The zero-order valence-electron chi connectivity index (χ0n) is 8.70. The van der Waals surface area contributed by atoms with Gasteiger partial charge < -0.3 is 15.2 Å². The maximum atomic E-state index is 11.3. The van der Waals surface area contributed by atoms with Crippen molar-refractivity contribution in [2.24, 2.45) is 11.7 Å². The molecule has 1 saturated carbocycles. The quantitative estimate of drug-likeness (QED) is 0.486. The molecule has 0 amide bonds. The topological polar surface area (TPSA) is 61.5 Å². The summed E-state index contributed by atoms with van der Waals surface area (Å²) in [5.74, 6) is 0.0756. The van der Waals surface area contributed by atoms with E-state index in [2.05, 4.69) is 0 Å². The summed E-state index contributed by atoms with van der Waals surface area (Å²) in [6.45, 7) is 3.54. The average Bonchev–Trinajstić information content (AvgIpc) is 2.99.